The highest BCUT2D eigenvalue weighted by molar-refractivity contribution is 5.85. The lowest BCUT2D eigenvalue weighted by Crippen LogP contribution is -2.27. The zero-order valence-corrected chi connectivity index (χ0v) is 10.1. The van der Waals surface area contributed by atoms with Crippen molar-refractivity contribution >= 4 is 5.97 Å². The van der Waals surface area contributed by atoms with Crippen molar-refractivity contribution < 1.29 is 14.6 Å². The molecule has 0 amide bonds. The van der Waals surface area contributed by atoms with Crippen molar-refractivity contribution in [3.63, 3.8) is 0 Å². The molecule has 0 bridgehead atoms. The van der Waals surface area contributed by atoms with Gasteiger partial charge in [-0.05, 0) is 25.5 Å². The second kappa shape index (κ2) is 6.98. The molecule has 5 nitrogen and oxygen atoms in total. The van der Waals surface area contributed by atoms with E-state index in [0.717, 1.165) is 12.1 Å². The first kappa shape index (κ1) is 13.6. The fraction of sp³-hybridized carbons (Fsp3) is 0.500. The van der Waals surface area contributed by atoms with Gasteiger partial charge in [0.15, 0.2) is 0 Å². The number of carboxylic acids is 1. The standard InChI is InChI=1S/C12H18N2O3/c1-9(6-7-17-2)13-8-10-4-3-5-11(14-10)12(15)16/h3-5,9,13H,6-8H2,1-2H3,(H,15,16). The summed E-state index contributed by atoms with van der Waals surface area (Å²) in [5.74, 6) is -1.00. The van der Waals surface area contributed by atoms with Gasteiger partial charge in [-0.25, -0.2) is 9.78 Å². The van der Waals surface area contributed by atoms with Crippen molar-refractivity contribution in [3.8, 4) is 0 Å². The van der Waals surface area contributed by atoms with Crippen LogP contribution in [0.1, 0.15) is 29.5 Å². The fourth-order valence-corrected chi connectivity index (χ4v) is 1.37. The number of nitrogens with zero attached hydrogens (tertiary/aromatic N) is 1. The van der Waals surface area contributed by atoms with Gasteiger partial charge < -0.3 is 15.2 Å². The summed E-state index contributed by atoms with van der Waals surface area (Å²) in [6.45, 7) is 3.32. The van der Waals surface area contributed by atoms with Crippen LogP contribution in [0.5, 0.6) is 0 Å². The third-order valence-corrected chi connectivity index (χ3v) is 2.41. The van der Waals surface area contributed by atoms with Crippen LogP contribution in [0.4, 0.5) is 0 Å². The van der Waals surface area contributed by atoms with E-state index in [1.54, 1.807) is 13.2 Å². The summed E-state index contributed by atoms with van der Waals surface area (Å²) < 4.78 is 4.98. The highest BCUT2D eigenvalue weighted by atomic mass is 16.5. The number of hydrogen-bond donors (Lipinski definition) is 2. The SMILES string of the molecule is COCCC(C)NCc1cccc(C(=O)O)n1. The first-order chi connectivity index (χ1) is 8.13. The molecule has 1 rings (SSSR count). The average molecular weight is 238 g/mol. The minimum Gasteiger partial charge on any atom is -0.477 e. The Bertz CT molecular complexity index is 369. The predicted octanol–water partition coefficient (Wildman–Crippen LogP) is 1.29. The normalized spacial score (nSPS) is 12.4. The molecule has 2 N–H and O–H groups in total. The number of pyridine rings is 1. The molecule has 1 aromatic heterocycles. The van der Waals surface area contributed by atoms with Gasteiger partial charge in [-0.3, -0.25) is 0 Å². The molecule has 94 valence electrons. The average Bonchev–Trinajstić information content (AvgIpc) is 2.34. The molecule has 0 aliphatic heterocycles. The van der Waals surface area contributed by atoms with Crippen molar-refractivity contribution in [1.82, 2.24) is 10.3 Å². The summed E-state index contributed by atoms with van der Waals surface area (Å²) in [5.41, 5.74) is 0.808. The topological polar surface area (TPSA) is 71.5 Å². The second-order valence-electron chi connectivity index (χ2n) is 3.88. The maximum absolute atomic E-state index is 10.7. The smallest absolute Gasteiger partial charge is 0.354 e. The maximum atomic E-state index is 10.7. The van der Waals surface area contributed by atoms with E-state index in [4.69, 9.17) is 9.84 Å². The van der Waals surface area contributed by atoms with Crippen LogP contribution in [0.25, 0.3) is 0 Å². The largest absolute Gasteiger partial charge is 0.477 e. The zero-order chi connectivity index (χ0) is 12.7. The van der Waals surface area contributed by atoms with E-state index in [9.17, 15) is 4.79 Å². The first-order valence-electron chi connectivity index (χ1n) is 5.55. The molecule has 0 radical (unpaired) electrons. The molecular formula is C12H18N2O3. The van der Waals surface area contributed by atoms with Crippen molar-refractivity contribution in [2.24, 2.45) is 0 Å². The number of rotatable bonds is 7. The Labute approximate surface area is 101 Å². The molecule has 1 unspecified atom stereocenters. The van der Waals surface area contributed by atoms with Crippen molar-refractivity contribution in [3.05, 3.63) is 29.6 Å². The van der Waals surface area contributed by atoms with E-state index in [-0.39, 0.29) is 5.69 Å². The lowest BCUT2D eigenvalue weighted by atomic mass is 10.2. The lowest BCUT2D eigenvalue weighted by molar-refractivity contribution is 0.0690. The molecule has 0 spiro atoms. The van der Waals surface area contributed by atoms with Crippen LogP contribution in [0.3, 0.4) is 0 Å². The Morgan fingerprint density at radius 3 is 3.00 bits per heavy atom. The number of methoxy groups -OCH3 is 1. The quantitative estimate of drug-likeness (QED) is 0.749. The summed E-state index contributed by atoms with van der Waals surface area (Å²) >= 11 is 0. The van der Waals surface area contributed by atoms with Gasteiger partial charge in [0.2, 0.25) is 0 Å². The van der Waals surface area contributed by atoms with Gasteiger partial charge in [-0.15, -0.1) is 0 Å². The van der Waals surface area contributed by atoms with Crippen LogP contribution in [-0.4, -0.2) is 35.8 Å². The number of carboxylic acid groups (broad SMARTS) is 1. The summed E-state index contributed by atoms with van der Waals surface area (Å²) in [6, 6.07) is 5.31. The van der Waals surface area contributed by atoms with E-state index >= 15 is 0 Å². The number of ether oxygens (including phenoxy) is 1. The Kier molecular flexibility index (Phi) is 5.59. The summed E-state index contributed by atoms with van der Waals surface area (Å²) in [4.78, 5) is 14.8. The molecule has 0 saturated heterocycles. The molecule has 0 aromatic carbocycles. The maximum Gasteiger partial charge on any atom is 0.354 e. The third kappa shape index (κ3) is 4.93. The Morgan fingerprint density at radius 2 is 2.35 bits per heavy atom. The third-order valence-electron chi connectivity index (χ3n) is 2.41. The van der Waals surface area contributed by atoms with Crippen LogP contribution in [0.15, 0.2) is 18.2 Å². The number of aromatic carboxylic acids is 1. The zero-order valence-electron chi connectivity index (χ0n) is 10.1. The Balaban J connectivity index is 2.46. The van der Waals surface area contributed by atoms with Gasteiger partial charge in [-0.1, -0.05) is 6.07 Å². The van der Waals surface area contributed by atoms with Crippen LogP contribution in [0.2, 0.25) is 0 Å². The van der Waals surface area contributed by atoms with Gasteiger partial charge >= 0.3 is 5.97 Å². The van der Waals surface area contributed by atoms with E-state index in [2.05, 4.69) is 17.2 Å². The van der Waals surface area contributed by atoms with E-state index < -0.39 is 5.97 Å². The van der Waals surface area contributed by atoms with Gasteiger partial charge in [0, 0.05) is 26.3 Å². The van der Waals surface area contributed by atoms with Gasteiger partial charge in [0.25, 0.3) is 0 Å². The van der Waals surface area contributed by atoms with Gasteiger partial charge in [-0.2, -0.15) is 0 Å². The lowest BCUT2D eigenvalue weighted by Gasteiger charge is -2.12. The number of hydrogen-bond acceptors (Lipinski definition) is 4. The molecule has 5 heteroatoms. The molecule has 0 saturated carbocycles. The van der Waals surface area contributed by atoms with Crippen LogP contribution in [-0.2, 0) is 11.3 Å². The predicted molar refractivity (Wildman–Crippen MR) is 64.0 cm³/mol. The van der Waals surface area contributed by atoms with E-state index in [1.807, 2.05) is 6.07 Å². The fourth-order valence-electron chi connectivity index (χ4n) is 1.37. The summed E-state index contributed by atoms with van der Waals surface area (Å²) in [7, 11) is 1.67. The molecule has 1 aromatic rings. The van der Waals surface area contributed by atoms with Gasteiger partial charge in [0.05, 0.1) is 5.69 Å². The highest BCUT2D eigenvalue weighted by Crippen LogP contribution is 2.00. The first-order valence-corrected chi connectivity index (χ1v) is 5.55. The second-order valence-corrected chi connectivity index (χ2v) is 3.88. The Morgan fingerprint density at radius 1 is 1.59 bits per heavy atom. The molecule has 0 aliphatic rings. The van der Waals surface area contributed by atoms with Crippen molar-refractivity contribution in [1.29, 1.82) is 0 Å². The molecule has 0 fully saturated rings. The molecule has 1 heterocycles. The minimum absolute atomic E-state index is 0.0776. The minimum atomic E-state index is -1.00. The van der Waals surface area contributed by atoms with Crippen LogP contribution < -0.4 is 5.32 Å². The Hall–Kier alpha value is -1.46. The van der Waals surface area contributed by atoms with Crippen LogP contribution >= 0.6 is 0 Å². The van der Waals surface area contributed by atoms with Crippen molar-refractivity contribution in [2.45, 2.75) is 25.9 Å². The van der Waals surface area contributed by atoms with Crippen LogP contribution in [0, 0.1) is 0 Å². The molecule has 17 heavy (non-hydrogen) atoms. The molecular weight excluding hydrogens is 220 g/mol. The van der Waals surface area contributed by atoms with E-state index in [0.29, 0.717) is 19.2 Å². The molecule has 0 aliphatic carbocycles. The monoisotopic (exact) mass is 238 g/mol. The number of nitrogens with one attached hydrogen (secondary N) is 1. The van der Waals surface area contributed by atoms with Gasteiger partial charge in [0.1, 0.15) is 5.69 Å². The summed E-state index contributed by atoms with van der Waals surface area (Å²) in [5, 5.41) is 12.1. The van der Waals surface area contributed by atoms with E-state index in [1.165, 1.54) is 6.07 Å². The number of aromatic nitrogens is 1. The molecule has 1 atom stereocenters. The highest BCUT2D eigenvalue weighted by Gasteiger charge is 2.06. The summed E-state index contributed by atoms with van der Waals surface area (Å²) in [6.07, 6.45) is 0.912. The van der Waals surface area contributed by atoms with Crippen molar-refractivity contribution in [2.75, 3.05) is 13.7 Å². The number of carbonyl (C=O) groups is 1.